The second-order valence-electron chi connectivity index (χ2n) is 5.42. The van der Waals surface area contributed by atoms with Crippen molar-refractivity contribution in [2.24, 2.45) is 11.8 Å². The second-order valence-corrected chi connectivity index (χ2v) is 5.42. The Morgan fingerprint density at radius 2 is 1.94 bits per heavy atom. The zero-order chi connectivity index (χ0) is 12.0. The highest BCUT2D eigenvalue weighted by Gasteiger charge is 2.24. The Kier molecular flexibility index (Phi) is 6.37. The molecule has 1 saturated carbocycles. The molecule has 1 rings (SSSR count). The smallest absolute Gasteiger partial charge is 0.0690 e. The fourth-order valence-electron chi connectivity index (χ4n) is 2.71. The van der Waals surface area contributed by atoms with Crippen LogP contribution in [0.3, 0.4) is 0 Å². The minimum atomic E-state index is -0.176. The van der Waals surface area contributed by atoms with E-state index in [0.717, 1.165) is 18.9 Å². The molecule has 16 heavy (non-hydrogen) atoms. The number of aliphatic hydroxyl groups excluding tert-OH is 1. The van der Waals surface area contributed by atoms with E-state index in [9.17, 15) is 5.11 Å². The van der Waals surface area contributed by atoms with E-state index < -0.39 is 0 Å². The van der Waals surface area contributed by atoms with Gasteiger partial charge in [0.2, 0.25) is 0 Å². The number of hydrogen-bond acceptors (Lipinski definition) is 2. The summed E-state index contributed by atoms with van der Waals surface area (Å²) in [6.45, 7) is 7.33. The van der Waals surface area contributed by atoms with E-state index in [1.807, 2.05) is 0 Å². The monoisotopic (exact) mass is 227 g/mol. The van der Waals surface area contributed by atoms with Crippen molar-refractivity contribution in [1.29, 1.82) is 0 Å². The van der Waals surface area contributed by atoms with Gasteiger partial charge in [0, 0.05) is 12.6 Å². The molecule has 0 aromatic carbocycles. The van der Waals surface area contributed by atoms with Crippen molar-refractivity contribution in [3.05, 3.63) is 0 Å². The van der Waals surface area contributed by atoms with Gasteiger partial charge in [-0.25, -0.2) is 0 Å². The summed E-state index contributed by atoms with van der Waals surface area (Å²) in [6, 6.07) is 0.650. The minimum absolute atomic E-state index is 0.176. The lowest BCUT2D eigenvalue weighted by Gasteiger charge is -2.33. The Labute approximate surface area is 101 Å². The Morgan fingerprint density at radius 3 is 2.56 bits per heavy atom. The minimum Gasteiger partial charge on any atom is -0.392 e. The SMILES string of the molecule is CCC(C)C(O)CNC1CCCCC1CC. The van der Waals surface area contributed by atoms with Gasteiger partial charge >= 0.3 is 0 Å². The van der Waals surface area contributed by atoms with Crippen LogP contribution in [-0.4, -0.2) is 23.8 Å². The summed E-state index contributed by atoms with van der Waals surface area (Å²) in [4.78, 5) is 0. The molecule has 1 aliphatic rings. The summed E-state index contributed by atoms with van der Waals surface area (Å²) in [7, 11) is 0. The average molecular weight is 227 g/mol. The third-order valence-electron chi connectivity index (χ3n) is 4.32. The molecule has 1 aliphatic carbocycles. The second kappa shape index (κ2) is 7.29. The lowest BCUT2D eigenvalue weighted by molar-refractivity contribution is 0.102. The van der Waals surface area contributed by atoms with E-state index in [0.29, 0.717) is 12.0 Å². The van der Waals surface area contributed by atoms with Gasteiger partial charge in [-0.2, -0.15) is 0 Å². The maximum atomic E-state index is 9.94. The number of rotatable bonds is 6. The molecule has 96 valence electrons. The van der Waals surface area contributed by atoms with Gasteiger partial charge in [-0.15, -0.1) is 0 Å². The quantitative estimate of drug-likeness (QED) is 0.731. The van der Waals surface area contributed by atoms with Crippen molar-refractivity contribution >= 4 is 0 Å². The third-order valence-corrected chi connectivity index (χ3v) is 4.32. The standard InChI is InChI=1S/C14H29NO/c1-4-11(3)14(16)10-15-13-9-7-6-8-12(13)5-2/h11-16H,4-10H2,1-3H3. The van der Waals surface area contributed by atoms with Gasteiger partial charge in [-0.05, 0) is 24.7 Å². The molecule has 1 fully saturated rings. The Morgan fingerprint density at radius 1 is 1.25 bits per heavy atom. The number of nitrogens with one attached hydrogen (secondary N) is 1. The van der Waals surface area contributed by atoms with Crippen molar-refractivity contribution in [2.45, 2.75) is 71.4 Å². The summed E-state index contributed by atoms with van der Waals surface area (Å²) in [5.74, 6) is 1.24. The highest BCUT2D eigenvalue weighted by molar-refractivity contribution is 4.81. The van der Waals surface area contributed by atoms with E-state index in [2.05, 4.69) is 26.1 Å². The highest BCUT2D eigenvalue weighted by Crippen LogP contribution is 2.26. The maximum absolute atomic E-state index is 9.94. The normalized spacial score (nSPS) is 30.0. The first kappa shape index (κ1) is 14.0. The molecule has 2 N–H and O–H groups in total. The van der Waals surface area contributed by atoms with Crippen LogP contribution in [0.1, 0.15) is 59.3 Å². The van der Waals surface area contributed by atoms with Crippen LogP contribution in [0.5, 0.6) is 0 Å². The summed E-state index contributed by atoms with van der Waals surface area (Å²) in [6.07, 6.45) is 7.57. The van der Waals surface area contributed by atoms with Crippen LogP contribution in [0.25, 0.3) is 0 Å². The molecule has 0 aliphatic heterocycles. The zero-order valence-electron chi connectivity index (χ0n) is 11.2. The molecule has 0 amide bonds. The van der Waals surface area contributed by atoms with Crippen molar-refractivity contribution < 1.29 is 5.11 Å². The predicted molar refractivity (Wildman–Crippen MR) is 69.5 cm³/mol. The maximum Gasteiger partial charge on any atom is 0.0690 e. The lowest BCUT2D eigenvalue weighted by Crippen LogP contribution is -2.43. The zero-order valence-corrected chi connectivity index (χ0v) is 11.2. The van der Waals surface area contributed by atoms with Crippen molar-refractivity contribution in [2.75, 3.05) is 6.54 Å². The first-order chi connectivity index (χ1) is 7.69. The van der Waals surface area contributed by atoms with E-state index in [-0.39, 0.29) is 6.10 Å². The first-order valence-corrected chi connectivity index (χ1v) is 7.10. The van der Waals surface area contributed by atoms with E-state index >= 15 is 0 Å². The molecule has 0 aromatic heterocycles. The molecule has 2 nitrogen and oxygen atoms in total. The summed E-state index contributed by atoms with van der Waals surface area (Å²) < 4.78 is 0. The molecular weight excluding hydrogens is 198 g/mol. The Hall–Kier alpha value is -0.0800. The first-order valence-electron chi connectivity index (χ1n) is 7.10. The number of aliphatic hydroxyl groups is 1. The fourth-order valence-corrected chi connectivity index (χ4v) is 2.71. The van der Waals surface area contributed by atoms with Crippen LogP contribution in [0, 0.1) is 11.8 Å². The van der Waals surface area contributed by atoms with E-state index in [1.54, 1.807) is 0 Å². The van der Waals surface area contributed by atoms with Crippen LogP contribution in [-0.2, 0) is 0 Å². The van der Waals surface area contributed by atoms with Gasteiger partial charge in [0.25, 0.3) is 0 Å². The summed E-state index contributed by atoms with van der Waals surface area (Å²) in [5, 5.41) is 13.5. The van der Waals surface area contributed by atoms with Crippen LogP contribution in [0.4, 0.5) is 0 Å². The average Bonchev–Trinajstić information content (AvgIpc) is 2.35. The molecule has 0 bridgehead atoms. The molecule has 0 saturated heterocycles. The van der Waals surface area contributed by atoms with Crippen LogP contribution in [0.2, 0.25) is 0 Å². The third kappa shape index (κ3) is 4.06. The van der Waals surface area contributed by atoms with Crippen molar-refractivity contribution in [3.8, 4) is 0 Å². The van der Waals surface area contributed by atoms with Crippen LogP contribution in [0.15, 0.2) is 0 Å². The predicted octanol–water partition coefficient (Wildman–Crippen LogP) is 2.95. The van der Waals surface area contributed by atoms with Gasteiger partial charge in [0.15, 0.2) is 0 Å². The van der Waals surface area contributed by atoms with Gasteiger partial charge in [0.1, 0.15) is 0 Å². The van der Waals surface area contributed by atoms with Crippen LogP contribution < -0.4 is 5.32 Å². The van der Waals surface area contributed by atoms with Crippen molar-refractivity contribution in [1.82, 2.24) is 5.32 Å². The van der Waals surface area contributed by atoms with Gasteiger partial charge < -0.3 is 10.4 Å². The lowest BCUT2D eigenvalue weighted by atomic mass is 9.82. The van der Waals surface area contributed by atoms with E-state index in [1.165, 1.54) is 32.1 Å². The molecule has 4 unspecified atom stereocenters. The highest BCUT2D eigenvalue weighted by atomic mass is 16.3. The fraction of sp³-hybridized carbons (Fsp3) is 1.00. The molecule has 4 atom stereocenters. The Bertz CT molecular complexity index is 184. The Balaban J connectivity index is 2.29. The molecule has 2 heteroatoms. The molecule has 0 spiro atoms. The van der Waals surface area contributed by atoms with E-state index in [4.69, 9.17) is 0 Å². The number of hydrogen-bond donors (Lipinski definition) is 2. The van der Waals surface area contributed by atoms with Gasteiger partial charge in [-0.3, -0.25) is 0 Å². The van der Waals surface area contributed by atoms with Gasteiger partial charge in [-0.1, -0.05) is 46.5 Å². The molecule has 0 radical (unpaired) electrons. The largest absolute Gasteiger partial charge is 0.392 e. The molecule has 0 heterocycles. The van der Waals surface area contributed by atoms with Crippen molar-refractivity contribution in [3.63, 3.8) is 0 Å². The topological polar surface area (TPSA) is 32.3 Å². The summed E-state index contributed by atoms with van der Waals surface area (Å²) in [5.41, 5.74) is 0. The molecule has 0 aromatic rings. The molecular formula is C14H29NO. The van der Waals surface area contributed by atoms with Gasteiger partial charge in [0.05, 0.1) is 6.10 Å². The van der Waals surface area contributed by atoms with Crippen LogP contribution >= 0.6 is 0 Å². The summed E-state index contributed by atoms with van der Waals surface area (Å²) >= 11 is 0.